The maximum absolute atomic E-state index is 4.80. The number of H-pyrrole nitrogens is 1. The van der Waals surface area contributed by atoms with Crippen molar-refractivity contribution in [3.05, 3.63) is 5.82 Å². The lowest BCUT2D eigenvalue weighted by Crippen LogP contribution is -2.60. The van der Waals surface area contributed by atoms with Crippen molar-refractivity contribution in [1.82, 2.24) is 36.2 Å². The molecule has 1 aliphatic rings. The van der Waals surface area contributed by atoms with Crippen LogP contribution >= 0.6 is 0 Å². The van der Waals surface area contributed by atoms with E-state index in [1.54, 1.807) is 0 Å². The van der Waals surface area contributed by atoms with Crippen LogP contribution in [0.2, 0.25) is 0 Å². The van der Waals surface area contributed by atoms with E-state index < -0.39 is 5.66 Å². The number of nitrogens with one attached hydrogen (secondary N) is 3. The summed E-state index contributed by atoms with van der Waals surface area (Å²) in [6.45, 7) is 10.6. The van der Waals surface area contributed by atoms with E-state index in [0.29, 0.717) is 24.7 Å². The van der Waals surface area contributed by atoms with Crippen molar-refractivity contribution < 1.29 is 0 Å². The topological polar surface area (TPSA) is 106 Å². The van der Waals surface area contributed by atoms with Crippen molar-refractivity contribution in [2.75, 3.05) is 19.6 Å². The molecule has 1 unspecified atom stereocenters. The Hall–Kier alpha value is -2.19. The van der Waals surface area contributed by atoms with E-state index in [9.17, 15) is 0 Å². The Morgan fingerprint density at radius 2 is 1.95 bits per heavy atom. The van der Waals surface area contributed by atoms with Gasteiger partial charge in [-0.3, -0.25) is 10.3 Å². The van der Waals surface area contributed by atoms with Crippen molar-refractivity contribution in [2.45, 2.75) is 39.8 Å². The zero-order valence-electron chi connectivity index (χ0n) is 13.0. The summed E-state index contributed by atoms with van der Waals surface area (Å²) in [7, 11) is 0. The summed E-state index contributed by atoms with van der Waals surface area (Å²) in [4.78, 5) is 11.4. The smallest absolute Gasteiger partial charge is 0.222 e. The van der Waals surface area contributed by atoms with Crippen LogP contribution < -0.4 is 10.6 Å². The van der Waals surface area contributed by atoms with Crippen LogP contribution in [-0.4, -0.2) is 57.1 Å². The molecule has 0 bridgehead atoms. The molecule has 1 aromatic rings. The Balaban J connectivity index is 2.46. The van der Waals surface area contributed by atoms with Gasteiger partial charge in [0.05, 0.1) is 0 Å². The van der Waals surface area contributed by atoms with E-state index in [1.165, 1.54) is 0 Å². The molecule has 0 fully saturated rings. The van der Waals surface area contributed by atoms with Gasteiger partial charge in [-0.1, -0.05) is 6.92 Å². The number of tetrazole rings is 1. The summed E-state index contributed by atoms with van der Waals surface area (Å²) in [5.41, 5.74) is -0.746. The van der Waals surface area contributed by atoms with Crippen molar-refractivity contribution >= 4 is 11.9 Å². The third kappa shape index (κ3) is 2.96. The fraction of sp³-hybridized carbons (Fsp3) is 0.750. The Bertz CT molecular complexity index is 503. The molecule has 116 valence electrons. The highest BCUT2D eigenvalue weighted by molar-refractivity contribution is 6.01. The molecule has 1 aliphatic heterocycles. The molecule has 2 heterocycles. The number of nitrogens with zero attached hydrogens (tertiary/aromatic N) is 6. The van der Waals surface area contributed by atoms with E-state index in [2.05, 4.69) is 55.0 Å². The summed E-state index contributed by atoms with van der Waals surface area (Å²) in [6.07, 6.45) is 0.682. The van der Waals surface area contributed by atoms with E-state index >= 15 is 0 Å². The lowest BCUT2D eigenvalue weighted by atomic mass is 10.1. The molecule has 0 saturated carbocycles. The molecule has 0 aromatic carbocycles. The fourth-order valence-corrected chi connectivity index (χ4v) is 2.25. The van der Waals surface area contributed by atoms with Gasteiger partial charge >= 0.3 is 0 Å². The first-order valence-corrected chi connectivity index (χ1v) is 7.37. The summed E-state index contributed by atoms with van der Waals surface area (Å²) in [5.74, 6) is 1.97. The minimum Gasteiger partial charge on any atom is -0.343 e. The average Bonchev–Trinajstić information content (AvgIpc) is 3.03. The Morgan fingerprint density at radius 3 is 2.48 bits per heavy atom. The molecule has 9 nitrogen and oxygen atoms in total. The minimum atomic E-state index is -0.746. The second-order valence-electron chi connectivity index (χ2n) is 4.63. The number of aliphatic imine (C=N–C) groups is 2. The van der Waals surface area contributed by atoms with Gasteiger partial charge in [0.1, 0.15) is 0 Å². The van der Waals surface area contributed by atoms with Gasteiger partial charge in [-0.25, -0.2) is 4.99 Å². The van der Waals surface area contributed by atoms with Crippen molar-refractivity contribution in [2.24, 2.45) is 9.98 Å². The van der Waals surface area contributed by atoms with E-state index in [4.69, 9.17) is 4.99 Å². The van der Waals surface area contributed by atoms with Gasteiger partial charge in [-0.2, -0.15) is 5.21 Å². The van der Waals surface area contributed by atoms with Crippen LogP contribution in [0.1, 0.15) is 39.9 Å². The number of rotatable bonds is 5. The van der Waals surface area contributed by atoms with Crippen molar-refractivity contribution in [1.29, 1.82) is 0 Å². The summed E-state index contributed by atoms with van der Waals surface area (Å²) >= 11 is 0. The number of hydrogen-bond donors (Lipinski definition) is 3. The van der Waals surface area contributed by atoms with Crippen LogP contribution in [0.15, 0.2) is 9.98 Å². The number of aromatic nitrogens is 4. The maximum atomic E-state index is 4.80. The molecule has 0 radical (unpaired) electrons. The predicted octanol–water partition coefficient (Wildman–Crippen LogP) is 0.0290. The monoisotopic (exact) mass is 293 g/mol. The number of aromatic amines is 1. The van der Waals surface area contributed by atoms with Gasteiger partial charge in [0.15, 0.2) is 11.6 Å². The third-order valence-corrected chi connectivity index (χ3v) is 3.46. The van der Waals surface area contributed by atoms with Crippen LogP contribution in [-0.2, 0) is 5.66 Å². The molecular formula is C12H23N9. The molecule has 2 rings (SSSR count). The molecule has 21 heavy (non-hydrogen) atoms. The fourth-order valence-electron chi connectivity index (χ4n) is 2.25. The molecule has 0 spiro atoms. The highest BCUT2D eigenvalue weighted by Gasteiger charge is 2.39. The zero-order valence-corrected chi connectivity index (χ0v) is 13.0. The van der Waals surface area contributed by atoms with Crippen LogP contribution in [0.5, 0.6) is 0 Å². The number of guanidine groups is 2. The van der Waals surface area contributed by atoms with E-state index in [1.807, 2.05) is 13.8 Å². The Labute approximate surface area is 124 Å². The van der Waals surface area contributed by atoms with Gasteiger partial charge in [0.2, 0.25) is 11.8 Å². The van der Waals surface area contributed by atoms with Crippen molar-refractivity contribution in [3.8, 4) is 0 Å². The van der Waals surface area contributed by atoms with Gasteiger partial charge in [-0.15, -0.1) is 10.2 Å². The molecule has 1 aromatic heterocycles. The maximum Gasteiger partial charge on any atom is 0.222 e. The first-order chi connectivity index (χ1) is 10.2. The third-order valence-electron chi connectivity index (χ3n) is 3.46. The quantitative estimate of drug-likeness (QED) is 0.707. The molecule has 0 aliphatic carbocycles. The molecular weight excluding hydrogens is 270 g/mol. The second kappa shape index (κ2) is 6.51. The average molecular weight is 293 g/mol. The van der Waals surface area contributed by atoms with Crippen LogP contribution in [0.25, 0.3) is 0 Å². The van der Waals surface area contributed by atoms with Crippen LogP contribution in [0, 0.1) is 0 Å². The first-order valence-electron chi connectivity index (χ1n) is 7.37. The summed E-state index contributed by atoms with van der Waals surface area (Å²) < 4.78 is 0. The highest BCUT2D eigenvalue weighted by Crippen LogP contribution is 2.25. The van der Waals surface area contributed by atoms with E-state index in [0.717, 1.165) is 19.0 Å². The van der Waals surface area contributed by atoms with Gasteiger partial charge in [0, 0.05) is 19.6 Å². The van der Waals surface area contributed by atoms with Crippen molar-refractivity contribution in [3.63, 3.8) is 0 Å². The van der Waals surface area contributed by atoms with Gasteiger partial charge in [0.25, 0.3) is 0 Å². The zero-order chi connectivity index (χ0) is 15.3. The molecule has 9 heteroatoms. The highest BCUT2D eigenvalue weighted by atomic mass is 15.5. The van der Waals surface area contributed by atoms with Gasteiger partial charge < -0.3 is 10.2 Å². The largest absolute Gasteiger partial charge is 0.343 e. The van der Waals surface area contributed by atoms with Crippen LogP contribution in [0.3, 0.4) is 0 Å². The lowest BCUT2D eigenvalue weighted by molar-refractivity contribution is 0.340. The SMILES string of the molecule is CCN=C1NC(N(CC)CC)=NC(CC)(c2nn[nH]n2)N1. The van der Waals surface area contributed by atoms with Crippen LogP contribution in [0.4, 0.5) is 0 Å². The molecule has 0 saturated heterocycles. The Kier molecular flexibility index (Phi) is 4.71. The summed E-state index contributed by atoms with van der Waals surface area (Å²) in [5, 5.41) is 20.9. The normalized spacial score (nSPS) is 23.4. The van der Waals surface area contributed by atoms with Gasteiger partial charge in [-0.05, 0) is 32.4 Å². The predicted molar refractivity (Wildman–Crippen MR) is 80.8 cm³/mol. The first kappa shape index (κ1) is 15.2. The lowest BCUT2D eigenvalue weighted by Gasteiger charge is -2.37. The standard InChI is InChI=1S/C12H23N9/c1-5-12(9-17-19-20-18-9)15-10(13-6-2)14-11(16-12)21(7-3)8-4/h5-8H2,1-4H3,(H2,13,14,15,16)(H,17,18,19,20). The summed E-state index contributed by atoms with van der Waals surface area (Å²) in [6, 6.07) is 0. The molecule has 1 atom stereocenters. The molecule has 0 amide bonds. The number of hydrogen-bond acceptors (Lipinski definition) is 6. The Morgan fingerprint density at radius 1 is 1.19 bits per heavy atom. The minimum absolute atomic E-state index is 0.514. The molecule has 3 N–H and O–H groups in total. The van der Waals surface area contributed by atoms with E-state index in [-0.39, 0.29) is 0 Å². The second-order valence-corrected chi connectivity index (χ2v) is 4.63.